The number of carbonyl (C=O) groups is 2. The number of nitrogens with zero attached hydrogens (tertiary/aromatic N) is 2. The summed E-state index contributed by atoms with van der Waals surface area (Å²) in [4.78, 5) is 31.2. The second-order valence-electron chi connectivity index (χ2n) is 7.09. The molecular formula is C20H24BN2O6. The molecular weight excluding hydrogens is 375 g/mol. The smallest absolute Gasteiger partial charge is 0.525 e. The maximum absolute atomic E-state index is 11.5. The van der Waals surface area contributed by atoms with Crippen molar-refractivity contribution in [3.8, 4) is 11.5 Å². The molecule has 0 aliphatic heterocycles. The van der Waals surface area contributed by atoms with Crippen molar-refractivity contribution in [3.63, 3.8) is 0 Å². The Morgan fingerprint density at radius 1 is 0.828 bits per heavy atom. The summed E-state index contributed by atoms with van der Waals surface area (Å²) in [7, 11) is 4.19. The molecule has 0 N–H and O–H groups in total. The Balaban J connectivity index is 2.06. The summed E-state index contributed by atoms with van der Waals surface area (Å²) in [5.41, 5.74) is -0.350. The molecule has 1 radical (unpaired) electrons. The topological polar surface area (TPSA) is 96.8 Å². The van der Waals surface area contributed by atoms with Crippen molar-refractivity contribution >= 4 is 20.3 Å². The number of hydrogen-bond donors (Lipinski definition) is 0. The van der Waals surface area contributed by atoms with E-state index >= 15 is 0 Å². The average molecular weight is 399 g/mol. The van der Waals surface area contributed by atoms with E-state index in [2.05, 4.69) is 9.97 Å². The molecule has 0 saturated carbocycles. The predicted octanol–water partition coefficient (Wildman–Crippen LogP) is 1.67. The Morgan fingerprint density at radius 2 is 1.24 bits per heavy atom. The van der Waals surface area contributed by atoms with E-state index in [1.807, 2.05) is 0 Å². The van der Waals surface area contributed by atoms with Crippen LogP contribution < -0.4 is 9.31 Å². The highest BCUT2D eigenvalue weighted by molar-refractivity contribution is 6.20. The molecule has 2 rings (SSSR count). The van der Waals surface area contributed by atoms with Gasteiger partial charge < -0.3 is 28.4 Å². The highest BCUT2D eigenvalue weighted by atomic mass is 16.6. The van der Waals surface area contributed by atoms with Crippen molar-refractivity contribution in [2.75, 3.05) is 27.4 Å². The van der Waals surface area contributed by atoms with Gasteiger partial charge in [0.05, 0.1) is 36.4 Å². The third-order valence-corrected chi connectivity index (χ3v) is 4.52. The number of hydrogen-bond acceptors (Lipinski definition) is 8. The molecule has 153 valence electrons. The molecule has 0 fully saturated rings. The fourth-order valence-corrected chi connectivity index (χ4v) is 2.70. The Labute approximate surface area is 170 Å². The highest BCUT2D eigenvalue weighted by Crippen LogP contribution is 2.26. The van der Waals surface area contributed by atoms with Crippen LogP contribution in [0.5, 0.6) is 11.5 Å². The summed E-state index contributed by atoms with van der Waals surface area (Å²) in [5, 5.41) is 0. The lowest BCUT2D eigenvalue weighted by Gasteiger charge is -2.23. The minimum absolute atomic E-state index is 0.220. The molecule has 2 unspecified atom stereocenters. The van der Waals surface area contributed by atoms with E-state index in [4.69, 9.17) is 18.8 Å². The van der Waals surface area contributed by atoms with Crippen LogP contribution in [-0.2, 0) is 29.9 Å². The minimum Gasteiger partial charge on any atom is -0.525 e. The van der Waals surface area contributed by atoms with Gasteiger partial charge in [0.25, 0.3) is 0 Å². The van der Waals surface area contributed by atoms with Crippen LogP contribution in [-0.4, -0.2) is 57.7 Å². The van der Waals surface area contributed by atoms with E-state index in [-0.39, 0.29) is 13.2 Å². The van der Waals surface area contributed by atoms with Gasteiger partial charge in [-0.05, 0) is 37.1 Å². The van der Waals surface area contributed by atoms with Gasteiger partial charge in [-0.3, -0.25) is 9.97 Å². The molecule has 0 aromatic carbocycles. The largest absolute Gasteiger partial charge is 0.658 e. The van der Waals surface area contributed by atoms with E-state index in [0.29, 0.717) is 22.6 Å². The molecule has 8 nitrogen and oxygen atoms in total. The number of methoxy groups -OCH3 is 2. The highest BCUT2D eigenvalue weighted by Gasteiger charge is 2.28. The number of rotatable bonds is 12. The Hall–Kier alpha value is -2.78. The molecule has 2 aromatic heterocycles. The van der Waals surface area contributed by atoms with Gasteiger partial charge in [0.15, 0.2) is 0 Å². The van der Waals surface area contributed by atoms with E-state index in [0.717, 1.165) is 20.3 Å². The van der Waals surface area contributed by atoms with Crippen LogP contribution in [0.1, 0.15) is 25.0 Å². The molecule has 0 spiro atoms. The zero-order valence-electron chi connectivity index (χ0n) is 17.0. The van der Waals surface area contributed by atoms with Gasteiger partial charge in [-0.15, -0.1) is 0 Å². The number of pyridine rings is 2. The maximum atomic E-state index is 11.5. The van der Waals surface area contributed by atoms with Gasteiger partial charge in [0.2, 0.25) is 0 Å². The minimum atomic E-state index is -0.832. The fourth-order valence-electron chi connectivity index (χ4n) is 2.70. The number of aldehydes is 2. The van der Waals surface area contributed by atoms with E-state index in [9.17, 15) is 9.59 Å². The lowest BCUT2D eigenvalue weighted by Crippen LogP contribution is -2.30. The van der Waals surface area contributed by atoms with Crippen LogP contribution in [0.4, 0.5) is 0 Å². The van der Waals surface area contributed by atoms with Gasteiger partial charge in [-0.2, -0.15) is 0 Å². The molecule has 0 aliphatic carbocycles. The summed E-state index contributed by atoms with van der Waals surface area (Å²) in [6.45, 7) is 3.95. The van der Waals surface area contributed by atoms with E-state index < -0.39 is 10.8 Å². The van der Waals surface area contributed by atoms with Crippen LogP contribution in [0.15, 0.2) is 36.9 Å². The summed E-state index contributed by atoms with van der Waals surface area (Å²) >= 11 is 0. The lowest BCUT2D eigenvalue weighted by atomic mass is 9.86. The van der Waals surface area contributed by atoms with Gasteiger partial charge in [0, 0.05) is 26.6 Å². The van der Waals surface area contributed by atoms with Gasteiger partial charge in [0.1, 0.15) is 24.1 Å². The third kappa shape index (κ3) is 5.62. The summed E-state index contributed by atoms with van der Waals surface area (Å²) in [5.74, 6) is 0.792. The number of carbonyl (C=O) groups excluding carboxylic acids is 2. The molecule has 0 aliphatic rings. The van der Waals surface area contributed by atoms with Crippen molar-refractivity contribution in [1.29, 1.82) is 0 Å². The van der Waals surface area contributed by atoms with Crippen LogP contribution in [0, 0.1) is 0 Å². The van der Waals surface area contributed by atoms with Crippen LogP contribution in [0.2, 0.25) is 0 Å². The van der Waals surface area contributed by atoms with E-state index in [1.165, 1.54) is 26.6 Å². The monoisotopic (exact) mass is 399 g/mol. The van der Waals surface area contributed by atoms with Crippen molar-refractivity contribution in [3.05, 3.63) is 48.0 Å². The molecule has 0 amide bonds. The zero-order valence-corrected chi connectivity index (χ0v) is 17.0. The standard InChI is InChI=1S/C20H24BN2O6/c1-19(11-24,13-26-3)15-5-17(9-22-7-15)28-21-29-18-6-16(8-23-10-18)20(2,12-25)14-27-4/h5-12H,13-14H2,1-4H3. The zero-order chi connectivity index (χ0) is 21.3. The molecule has 0 saturated heterocycles. The maximum Gasteiger partial charge on any atom is 0.658 e. The summed E-state index contributed by atoms with van der Waals surface area (Å²) < 4.78 is 21.2. The Kier molecular flexibility index (Phi) is 7.87. The van der Waals surface area contributed by atoms with Crippen LogP contribution in [0.25, 0.3) is 0 Å². The third-order valence-electron chi connectivity index (χ3n) is 4.52. The van der Waals surface area contributed by atoms with Crippen LogP contribution >= 0.6 is 0 Å². The average Bonchev–Trinajstić information content (AvgIpc) is 2.74. The second-order valence-corrected chi connectivity index (χ2v) is 7.09. The second kappa shape index (κ2) is 10.1. The molecule has 2 heterocycles. The molecule has 0 bridgehead atoms. The fraction of sp³-hybridized carbons (Fsp3) is 0.400. The Morgan fingerprint density at radius 3 is 1.59 bits per heavy atom. The SMILES string of the molecule is COCC(C)(C=O)c1cncc(O[B]Oc2cncc(C(C)(C=O)COC)c2)c1. The lowest BCUT2D eigenvalue weighted by molar-refractivity contribution is -0.114. The summed E-state index contributed by atoms with van der Waals surface area (Å²) in [6, 6.07) is 3.38. The van der Waals surface area contributed by atoms with E-state index in [1.54, 1.807) is 38.4 Å². The first kappa shape index (κ1) is 22.5. The number of aromatic nitrogens is 2. The van der Waals surface area contributed by atoms with Crippen molar-refractivity contribution < 1.29 is 28.4 Å². The van der Waals surface area contributed by atoms with Crippen molar-refractivity contribution in [1.82, 2.24) is 9.97 Å². The number of ether oxygens (including phenoxy) is 2. The molecule has 29 heavy (non-hydrogen) atoms. The van der Waals surface area contributed by atoms with Gasteiger partial charge in [-0.25, -0.2) is 0 Å². The first-order valence-electron chi connectivity index (χ1n) is 8.87. The molecule has 2 atom stereocenters. The molecule has 2 aromatic rings. The summed E-state index contributed by atoms with van der Waals surface area (Å²) in [6.07, 6.45) is 7.81. The first-order chi connectivity index (χ1) is 13.9. The van der Waals surface area contributed by atoms with Gasteiger partial charge in [-0.1, -0.05) is 0 Å². The van der Waals surface area contributed by atoms with Crippen molar-refractivity contribution in [2.24, 2.45) is 0 Å². The quantitative estimate of drug-likeness (QED) is 0.393. The predicted molar refractivity (Wildman–Crippen MR) is 106 cm³/mol. The normalized spacial score (nSPS) is 14.9. The van der Waals surface area contributed by atoms with Gasteiger partial charge >= 0.3 is 7.69 Å². The van der Waals surface area contributed by atoms with Crippen molar-refractivity contribution in [2.45, 2.75) is 24.7 Å². The van der Waals surface area contributed by atoms with Crippen LogP contribution in [0.3, 0.4) is 0 Å². The Bertz CT molecular complexity index is 769. The first-order valence-corrected chi connectivity index (χ1v) is 8.87. The molecule has 9 heteroatoms.